The molecule has 2 fully saturated rings. The van der Waals surface area contributed by atoms with Gasteiger partial charge in [-0.05, 0) is 12.8 Å². The fraction of sp³-hybridized carbons (Fsp3) is 0.833. The third-order valence-electron chi connectivity index (χ3n) is 4.37. The molecule has 0 spiro atoms. The topological polar surface area (TPSA) is 83.6 Å². The first-order valence-electron chi connectivity index (χ1n) is 6.80. The molecule has 0 aromatic rings. The summed E-state index contributed by atoms with van der Waals surface area (Å²) in [7, 11) is -3.90. The summed E-state index contributed by atoms with van der Waals surface area (Å²) in [5, 5.41) is 0.599. The molecule has 0 aliphatic carbocycles. The third kappa shape index (κ3) is 2.80. The summed E-state index contributed by atoms with van der Waals surface area (Å²) >= 11 is 0. The summed E-state index contributed by atoms with van der Waals surface area (Å²) < 4.78 is 64.6. The third-order valence-corrected chi connectivity index (χ3v) is 6.69. The molecule has 1 N–H and O–H groups in total. The number of hydrogen-bond donors (Lipinski definition) is 1. The lowest BCUT2D eigenvalue weighted by Crippen LogP contribution is -2.53. The molecule has 2 amide bonds. The maximum atomic E-state index is 13.5. The Labute approximate surface area is 125 Å². The first kappa shape index (κ1) is 17.0. The Morgan fingerprint density at radius 1 is 1.36 bits per heavy atom. The smallest absolute Gasteiger partial charge is 0.347 e. The van der Waals surface area contributed by atoms with Crippen molar-refractivity contribution in [3.63, 3.8) is 0 Å². The maximum Gasteiger partial charge on any atom is 0.397 e. The molecule has 0 aromatic carbocycles. The number of alkyl halides is 3. The minimum Gasteiger partial charge on any atom is -0.347 e. The molecule has 126 valence electrons. The molecule has 6 nitrogen and oxygen atoms in total. The number of rotatable bonds is 2. The quantitative estimate of drug-likeness (QED) is 0.771. The summed E-state index contributed by atoms with van der Waals surface area (Å²) in [5.41, 5.74) is -2.39. The van der Waals surface area contributed by atoms with E-state index in [0.717, 1.165) is 4.90 Å². The van der Waals surface area contributed by atoms with E-state index in [-0.39, 0.29) is 18.6 Å². The van der Waals surface area contributed by atoms with Gasteiger partial charge in [0, 0.05) is 20.0 Å². The number of halogens is 3. The highest BCUT2D eigenvalue weighted by Crippen LogP contribution is 2.53. The van der Waals surface area contributed by atoms with Crippen molar-refractivity contribution in [2.75, 3.05) is 25.4 Å². The fourth-order valence-electron chi connectivity index (χ4n) is 3.23. The van der Waals surface area contributed by atoms with Crippen LogP contribution in [0.1, 0.15) is 19.8 Å². The van der Waals surface area contributed by atoms with Crippen molar-refractivity contribution in [3.05, 3.63) is 0 Å². The van der Waals surface area contributed by atoms with E-state index in [1.54, 1.807) is 0 Å². The Kier molecular flexibility index (Phi) is 4.18. The van der Waals surface area contributed by atoms with Crippen LogP contribution in [0.25, 0.3) is 0 Å². The van der Waals surface area contributed by atoms with Gasteiger partial charge in [-0.1, -0.05) is 0 Å². The van der Waals surface area contributed by atoms with Gasteiger partial charge in [0.05, 0.1) is 17.5 Å². The highest BCUT2D eigenvalue weighted by atomic mass is 32.2. The Hall–Kier alpha value is -1.32. The van der Waals surface area contributed by atoms with E-state index in [0.29, 0.717) is 0 Å². The second kappa shape index (κ2) is 5.39. The van der Waals surface area contributed by atoms with Crippen LogP contribution in [0.15, 0.2) is 0 Å². The van der Waals surface area contributed by atoms with E-state index in [4.69, 9.17) is 0 Å². The summed E-state index contributed by atoms with van der Waals surface area (Å²) in [4.78, 5) is 23.6. The van der Waals surface area contributed by atoms with Crippen LogP contribution in [0.4, 0.5) is 13.2 Å². The molecule has 22 heavy (non-hydrogen) atoms. The van der Waals surface area contributed by atoms with E-state index in [1.807, 2.05) is 0 Å². The van der Waals surface area contributed by atoms with Gasteiger partial charge in [-0.3, -0.25) is 9.59 Å². The first-order valence-corrected chi connectivity index (χ1v) is 8.52. The predicted octanol–water partition coefficient (Wildman–Crippen LogP) is 0.0906. The zero-order valence-electron chi connectivity index (χ0n) is 11.9. The SMILES string of the molecule is CC(=O)NCC(=O)N1C[C@@H]2[C@@](C(F)(F)F)(CCCS2(=O)=O)C1. The Bertz CT molecular complexity index is 590. The van der Waals surface area contributed by atoms with Crippen molar-refractivity contribution in [1.29, 1.82) is 0 Å². The van der Waals surface area contributed by atoms with Crippen molar-refractivity contribution in [3.8, 4) is 0 Å². The second-order valence-electron chi connectivity index (χ2n) is 5.80. The van der Waals surface area contributed by atoms with Crippen LogP contribution in [0.5, 0.6) is 0 Å². The molecule has 0 aromatic heterocycles. The van der Waals surface area contributed by atoms with Crippen LogP contribution in [0.3, 0.4) is 0 Å². The van der Waals surface area contributed by atoms with E-state index >= 15 is 0 Å². The number of likely N-dealkylation sites (tertiary alicyclic amines) is 1. The van der Waals surface area contributed by atoms with Gasteiger partial charge in [0.15, 0.2) is 9.84 Å². The van der Waals surface area contributed by atoms with Gasteiger partial charge >= 0.3 is 6.18 Å². The summed E-state index contributed by atoms with van der Waals surface area (Å²) in [6.45, 7) is -0.395. The van der Waals surface area contributed by atoms with E-state index in [1.165, 1.54) is 6.92 Å². The molecule has 0 unspecified atom stereocenters. The molecule has 2 heterocycles. The first-order chi connectivity index (χ1) is 9.99. The molecule has 2 atom stereocenters. The van der Waals surface area contributed by atoms with Crippen LogP contribution in [0, 0.1) is 5.41 Å². The minimum absolute atomic E-state index is 0.0634. The number of hydrogen-bond acceptors (Lipinski definition) is 4. The summed E-state index contributed by atoms with van der Waals surface area (Å²) in [6.07, 6.45) is -5.06. The highest BCUT2D eigenvalue weighted by Gasteiger charge is 2.68. The van der Waals surface area contributed by atoms with Crippen LogP contribution in [0.2, 0.25) is 0 Å². The number of carbonyl (C=O) groups is 2. The molecule has 0 bridgehead atoms. The number of amides is 2. The van der Waals surface area contributed by atoms with Gasteiger partial charge in [-0.15, -0.1) is 0 Å². The monoisotopic (exact) mass is 342 g/mol. The highest BCUT2D eigenvalue weighted by molar-refractivity contribution is 7.92. The average Bonchev–Trinajstić information content (AvgIpc) is 2.77. The van der Waals surface area contributed by atoms with Gasteiger partial charge in [-0.2, -0.15) is 13.2 Å². The zero-order valence-corrected chi connectivity index (χ0v) is 12.8. The molecule has 0 radical (unpaired) electrons. The molecule has 0 saturated carbocycles. The Morgan fingerprint density at radius 2 is 2.00 bits per heavy atom. The van der Waals surface area contributed by atoms with Crippen molar-refractivity contribution in [1.82, 2.24) is 10.2 Å². The average molecular weight is 342 g/mol. The molecular formula is C12H17F3N2O4S. The standard InChI is InChI=1S/C12H17F3N2O4S/c1-8(18)16-5-10(19)17-6-9-11(7-17,12(13,14)15)3-2-4-22(9,20)21/h9H,2-7H2,1H3,(H,16,18)/t9-,11-/m1/s1. The second-order valence-corrected chi connectivity index (χ2v) is 8.10. The molecule has 2 saturated heterocycles. The van der Waals surface area contributed by atoms with Gasteiger partial charge in [0.1, 0.15) is 5.41 Å². The summed E-state index contributed by atoms with van der Waals surface area (Å²) in [6, 6.07) is 0. The van der Waals surface area contributed by atoms with E-state index < -0.39 is 58.1 Å². The maximum absolute atomic E-state index is 13.5. The van der Waals surface area contributed by atoms with Gasteiger partial charge in [0.25, 0.3) is 0 Å². The van der Waals surface area contributed by atoms with Crippen LogP contribution < -0.4 is 5.32 Å². The van der Waals surface area contributed by atoms with Gasteiger partial charge in [0.2, 0.25) is 11.8 Å². The van der Waals surface area contributed by atoms with Crippen LogP contribution in [-0.2, 0) is 19.4 Å². The molecule has 10 heteroatoms. The number of sulfone groups is 1. The predicted molar refractivity (Wildman–Crippen MR) is 70.6 cm³/mol. The van der Waals surface area contributed by atoms with Crippen LogP contribution in [-0.4, -0.2) is 61.9 Å². The lowest BCUT2D eigenvalue weighted by Gasteiger charge is -2.39. The number of carbonyl (C=O) groups excluding carboxylic acids is 2. The normalized spacial score (nSPS) is 30.7. The largest absolute Gasteiger partial charge is 0.397 e. The van der Waals surface area contributed by atoms with Gasteiger partial charge < -0.3 is 10.2 Å². The summed E-state index contributed by atoms with van der Waals surface area (Å²) in [5.74, 6) is -1.48. The van der Waals surface area contributed by atoms with Gasteiger partial charge in [-0.25, -0.2) is 8.42 Å². The number of nitrogens with zero attached hydrogens (tertiary/aromatic N) is 1. The molecule has 2 rings (SSSR count). The number of fused-ring (bicyclic) bond motifs is 1. The molecular weight excluding hydrogens is 325 g/mol. The molecule has 2 aliphatic rings. The number of nitrogens with one attached hydrogen (secondary N) is 1. The fourth-order valence-corrected chi connectivity index (χ4v) is 5.48. The van der Waals surface area contributed by atoms with Crippen molar-refractivity contribution >= 4 is 21.7 Å². The van der Waals surface area contributed by atoms with Crippen molar-refractivity contribution in [2.24, 2.45) is 5.41 Å². The lowest BCUT2D eigenvalue weighted by atomic mass is 9.81. The van der Waals surface area contributed by atoms with Crippen LogP contribution >= 0.6 is 0 Å². The van der Waals surface area contributed by atoms with E-state index in [2.05, 4.69) is 5.32 Å². The van der Waals surface area contributed by atoms with Crippen molar-refractivity contribution < 1.29 is 31.2 Å². The zero-order chi connectivity index (χ0) is 16.8. The Morgan fingerprint density at radius 3 is 2.50 bits per heavy atom. The van der Waals surface area contributed by atoms with E-state index in [9.17, 15) is 31.2 Å². The lowest BCUT2D eigenvalue weighted by molar-refractivity contribution is -0.221. The Balaban J connectivity index is 2.28. The minimum atomic E-state index is -4.70. The van der Waals surface area contributed by atoms with Crippen molar-refractivity contribution in [2.45, 2.75) is 31.2 Å². The molecule has 2 aliphatic heterocycles.